The maximum absolute atomic E-state index is 5.52. The SMILES string of the molecule is CN(C)CCOc1nc(N)cc(Br)n1. The molecule has 78 valence electrons. The molecule has 1 aromatic heterocycles. The summed E-state index contributed by atoms with van der Waals surface area (Å²) in [4.78, 5) is 9.96. The van der Waals surface area contributed by atoms with Crippen molar-refractivity contribution in [2.75, 3.05) is 33.0 Å². The second-order valence-electron chi connectivity index (χ2n) is 3.05. The highest BCUT2D eigenvalue weighted by atomic mass is 79.9. The molecule has 0 bridgehead atoms. The average Bonchev–Trinajstić information content (AvgIpc) is 2.01. The van der Waals surface area contributed by atoms with Crippen LogP contribution in [0.15, 0.2) is 10.7 Å². The summed E-state index contributed by atoms with van der Waals surface area (Å²) in [5.41, 5.74) is 5.52. The van der Waals surface area contributed by atoms with Crippen molar-refractivity contribution in [3.8, 4) is 6.01 Å². The highest BCUT2D eigenvalue weighted by Gasteiger charge is 2.01. The van der Waals surface area contributed by atoms with E-state index in [0.717, 1.165) is 6.54 Å². The smallest absolute Gasteiger partial charge is 0.319 e. The highest BCUT2D eigenvalue weighted by molar-refractivity contribution is 9.10. The van der Waals surface area contributed by atoms with Crippen molar-refractivity contribution in [2.24, 2.45) is 0 Å². The van der Waals surface area contributed by atoms with Gasteiger partial charge in [0.1, 0.15) is 17.0 Å². The molecule has 0 aromatic carbocycles. The van der Waals surface area contributed by atoms with Crippen LogP contribution in [-0.4, -0.2) is 42.1 Å². The molecule has 14 heavy (non-hydrogen) atoms. The minimum Gasteiger partial charge on any atom is -0.462 e. The van der Waals surface area contributed by atoms with Gasteiger partial charge in [-0.05, 0) is 30.0 Å². The molecule has 0 saturated carbocycles. The molecule has 0 saturated heterocycles. The molecule has 0 aliphatic heterocycles. The maximum Gasteiger partial charge on any atom is 0.319 e. The number of aromatic nitrogens is 2. The number of hydrogen-bond acceptors (Lipinski definition) is 5. The molecule has 0 aliphatic carbocycles. The molecular weight excluding hydrogens is 248 g/mol. The standard InChI is InChI=1S/C8H13BrN4O/c1-13(2)3-4-14-8-11-6(9)5-7(10)12-8/h5H,3-4H2,1-2H3,(H2,10,11,12). The van der Waals surface area contributed by atoms with Crippen molar-refractivity contribution in [3.63, 3.8) is 0 Å². The van der Waals surface area contributed by atoms with Gasteiger partial charge in [-0.2, -0.15) is 9.97 Å². The fraction of sp³-hybridized carbons (Fsp3) is 0.500. The van der Waals surface area contributed by atoms with Gasteiger partial charge in [0.2, 0.25) is 0 Å². The fourth-order valence-electron chi connectivity index (χ4n) is 0.797. The van der Waals surface area contributed by atoms with Crippen LogP contribution in [0.4, 0.5) is 5.82 Å². The number of nitrogens with zero attached hydrogens (tertiary/aromatic N) is 3. The van der Waals surface area contributed by atoms with Crippen molar-refractivity contribution in [1.82, 2.24) is 14.9 Å². The van der Waals surface area contributed by atoms with Crippen LogP contribution in [0.3, 0.4) is 0 Å². The zero-order chi connectivity index (χ0) is 10.6. The normalized spacial score (nSPS) is 10.6. The summed E-state index contributed by atoms with van der Waals surface area (Å²) in [5, 5.41) is 0. The van der Waals surface area contributed by atoms with Gasteiger partial charge in [0.15, 0.2) is 0 Å². The second-order valence-corrected chi connectivity index (χ2v) is 3.86. The Bertz CT molecular complexity index is 285. The van der Waals surface area contributed by atoms with E-state index < -0.39 is 0 Å². The molecule has 0 radical (unpaired) electrons. The van der Waals surface area contributed by atoms with Gasteiger partial charge in [0.05, 0.1) is 0 Å². The molecule has 0 unspecified atom stereocenters. The van der Waals surface area contributed by atoms with E-state index in [1.807, 2.05) is 19.0 Å². The first-order valence-corrected chi connectivity index (χ1v) is 4.95. The minimum absolute atomic E-state index is 0.304. The molecule has 1 rings (SSSR count). The summed E-state index contributed by atoms with van der Waals surface area (Å²) >= 11 is 3.21. The molecule has 1 heterocycles. The van der Waals surface area contributed by atoms with E-state index in [1.165, 1.54) is 0 Å². The molecule has 0 aliphatic rings. The van der Waals surface area contributed by atoms with Crippen LogP contribution in [0, 0.1) is 0 Å². The first kappa shape index (κ1) is 11.2. The molecule has 2 N–H and O–H groups in total. The van der Waals surface area contributed by atoms with Gasteiger partial charge in [0.25, 0.3) is 0 Å². The third-order valence-corrected chi connectivity index (χ3v) is 1.87. The Morgan fingerprint density at radius 3 is 2.79 bits per heavy atom. The first-order valence-electron chi connectivity index (χ1n) is 4.15. The average molecular weight is 261 g/mol. The van der Waals surface area contributed by atoms with Crippen molar-refractivity contribution in [1.29, 1.82) is 0 Å². The number of halogens is 1. The van der Waals surface area contributed by atoms with E-state index in [1.54, 1.807) is 6.07 Å². The number of nitrogen functional groups attached to an aromatic ring is 1. The Morgan fingerprint density at radius 1 is 1.50 bits per heavy atom. The predicted octanol–water partition coefficient (Wildman–Crippen LogP) is 0.762. The molecule has 1 aromatic rings. The van der Waals surface area contributed by atoms with Crippen molar-refractivity contribution in [3.05, 3.63) is 10.7 Å². The lowest BCUT2D eigenvalue weighted by atomic mass is 10.6. The van der Waals surface area contributed by atoms with Gasteiger partial charge >= 0.3 is 6.01 Å². The van der Waals surface area contributed by atoms with Crippen LogP contribution in [-0.2, 0) is 0 Å². The van der Waals surface area contributed by atoms with Gasteiger partial charge < -0.3 is 15.4 Å². The van der Waals surface area contributed by atoms with Gasteiger partial charge in [-0.15, -0.1) is 0 Å². The lowest BCUT2D eigenvalue weighted by Crippen LogP contribution is -2.20. The minimum atomic E-state index is 0.304. The molecule has 6 heteroatoms. The molecule has 0 atom stereocenters. The van der Waals surface area contributed by atoms with E-state index in [-0.39, 0.29) is 0 Å². The number of anilines is 1. The lowest BCUT2D eigenvalue weighted by Gasteiger charge is -2.09. The monoisotopic (exact) mass is 260 g/mol. The van der Waals surface area contributed by atoms with Crippen LogP contribution >= 0.6 is 15.9 Å². The Labute approximate surface area is 91.4 Å². The number of nitrogens with two attached hydrogens (primary N) is 1. The zero-order valence-corrected chi connectivity index (χ0v) is 9.78. The molecule has 0 fully saturated rings. The number of rotatable bonds is 4. The second kappa shape index (κ2) is 5.11. The van der Waals surface area contributed by atoms with Crippen LogP contribution < -0.4 is 10.5 Å². The first-order chi connectivity index (χ1) is 6.58. The number of hydrogen-bond donors (Lipinski definition) is 1. The number of likely N-dealkylation sites (N-methyl/N-ethyl adjacent to an activating group) is 1. The van der Waals surface area contributed by atoms with E-state index in [9.17, 15) is 0 Å². The quantitative estimate of drug-likeness (QED) is 0.811. The van der Waals surface area contributed by atoms with Crippen LogP contribution in [0.1, 0.15) is 0 Å². The largest absolute Gasteiger partial charge is 0.462 e. The molecule has 5 nitrogen and oxygen atoms in total. The van der Waals surface area contributed by atoms with Gasteiger partial charge in [-0.3, -0.25) is 0 Å². The van der Waals surface area contributed by atoms with Gasteiger partial charge in [0, 0.05) is 12.6 Å². The summed E-state index contributed by atoms with van der Waals surface area (Å²) in [7, 11) is 3.94. The zero-order valence-electron chi connectivity index (χ0n) is 8.20. The van der Waals surface area contributed by atoms with E-state index in [0.29, 0.717) is 23.0 Å². The predicted molar refractivity (Wildman–Crippen MR) is 58.2 cm³/mol. The van der Waals surface area contributed by atoms with Crippen LogP contribution in [0.5, 0.6) is 6.01 Å². The van der Waals surface area contributed by atoms with E-state index in [2.05, 4.69) is 25.9 Å². The summed E-state index contributed by atoms with van der Waals surface area (Å²) < 4.78 is 5.93. The molecule has 0 amide bonds. The summed E-state index contributed by atoms with van der Waals surface area (Å²) in [6.07, 6.45) is 0. The van der Waals surface area contributed by atoms with Gasteiger partial charge in [-0.25, -0.2) is 0 Å². The van der Waals surface area contributed by atoms with E-state index in [4.69, 9.17) is 10.5 Å². The summed E-state index contributed by atoms with van der Waals surface area (Å²) in [5.74, 6) is 0.395. The van der Waals surface area contributed by atoms with Gasteiger partial charge in [-0.1, -0.05) is 0 Å². The van der Waals surface area contributed by atoms with Crippen molar-refractivity contribution >= 4 is 21.7 Å². The third kappa shape index (κ3) is 3.89. The molecule has 0 spiro atoms. The Morgan fingerprint density at radius 2 is 2.21 bits per heavy atom. The number of ether oxygens (including phenoxy) is 1. The maximum atomic E-state index is 5.52. The lowest BCUT2D eigenvalue weighted by molar-refractivity contribution is 0.245. The Hall–Kier alpha value is -0.880. The summed E-state index contributed by atoms with van der Waals surface area (Å²) in [6.45, 7) is 1.36. The Kier molecular flexibility index (Phi) is 4.09. The van der Waals surface area contributed by atoms with Crippen molar-refractivity contribution < 1.29 is 4.74 Å². The highest BCUT2D eigenvalue weighted by Crippen LogP contribution is 2.13. The van der Waals surface area contributed by atoms with Crippen LogP contribution in [0.2, 0.25) is 0 Å². The van der Waals surface area contributed by atoms with E-state index >= 15 is 0 Å². The van der Waals surface area contributed by atoms with Crippen molar-refractivity contribution in [2.45, 2.75) is 0 Å². The topological polar surface area (TPSA) is 64.3 Å². The van der Waals surface area contributed by atoms with Crippen LogP contribution in [0.25, 0.3) is 0 Å². The summed E-state index contributed by atoms with van der Waals surface area (Å²) in [6, 6.07) is 1.93. The molecular formula is C8H13BrN4O. The fourth-order valence-corrected chi connectivity index (χ4v) is 1.18. The Balaban J connectivity index is 2.50. The third-order valence-electron chi connectivity index (χ3n) is 1.46.